The first-order chi connectivity index (χ1) is 9.52. The lowest BCUT2D eigenvalue weighted by atomic mass is 9.93. The van der Waals surface area contributed by atoms with E-state index in [4.69, 9.17) is 5.73 Å². The summed E-state index contributed by atoms with van der Waals surface area (Å²) in [6, 6.07) is 0.679. The summed E-state index contributed by atoms with van der Waals surface area (Å²) >= 11 is 3.09. The van der Waals surface area contributed by atoms with Crippen LogP contribution in [-0.4, -0.2) is 46.9 Å². The number of thioether (sulfide) groups is 1. The van der Waals surface area contributed by atoms with E-state index in [9.17, 15) is 4.79 Å². The topological polar surface area (TPSA) is 71.2 Å². The molecular formula is C13H22N4OS2. The summed E-state index contributed by atoms with van der Waals surface area (Å²) in [4.78, 5) is 19.0. The predicted molar refractivity (Wildman–Crippen MR) is 87.7 cm³/mol. The van der Waals surface area contributed by atoms with E-state index in [1.54, 1.807) is 16.7 Å². The zero-order valence-corrected chi connectivity index (χ0v) is 13.8. The van der Waals surface area contributed by atoms with Crippen molar-refractivity contribution in [1.82, 2.24) is 9.88 Å². The van der Waals surface area contributed by atoms with E-state index < -0.39 is 0 Å². The number of carbonyl (C=O) groups excluding carboxylic acids is 1. The van der Waals surface area contributed by atoms with E-state index in [1.807, 2.05) is 20.2 Å². The molecule has 112 valence electrons. The molecular weight excluding hydrogens is 292 g/mol. The van der Waals surface area contributed by atoms with Gasteiger partial charge in [-0.05, 0) is 32.4 Å². The highest BCUT2D eigenvalue weighted by molar-refractivity contribution is 7.98. The Kier molecular flexibility index (Phi) is 5.15. The molecule has 0 bridgehead atoms. The van der Waals surface area contributed by atoms with E-state index in [0.29, 0.717) is 16.7 Å². The number of rotatable bonds is 6. The van der Waals surface area contributed by atoms with Crippen LogP contribution < -0.4 is 11.1 Å². The Labute approximate surface area is 128 Å². The van der Waals surface area contributed by atoms with Crippen LogP contribution in [0.15, 0.2) is 0 Å². The molecule has 1 fully saturated rings. The van der Waals surface area contributed by atoms with Crippen molar-refractivity contribution in [3.05, 3.63) is 4.88 Å². The molecule has 0 aliphatic heterocycles. The van der Waals surface area contributed by atoms with E-state index in [1.165, 1.54) is 30.6 Å². The maximum Gasteiger partial charge on any atom is 0.267 e. The Balaban J connectivity index is 2.05. The van der Waals surface area contributed by atoms with Gasteiger partial charge >= 0.3 is 0 Å². The number of hydrogen-bond acceptors (Lipinski definition) is 6. The molecule has 0 aromatic carbocycles. The highest BCUT2D eigenvalue weighted by Crippen LogP contribution is 2.30. The van der Waals surface area contributed by atoms with E-state index >= 15 is 0 Å². The Morgan fingerprint density at radius 2 is 2.35 bits per heavy atom. The van der Waals surface area contributed by atoms with Gasteiger partial charge in [0.05, 0.1) is 0 Å². The van der Waals surface area contributed by atoms with E-state index in [-0.39, 0.29) is 11.9 Å². The second kappa shape index (κ2) is 6.67. The molecule has 7 heteroatoms. The number of nitrogens with zero attached hydrogens (tertiary/aromatic N) is 2. The molecule has 1 amide bonds. The van der Waals surface area contributed by atoms with Crippen molar-refractivity contribution < 1.29 is 4.79 Å². The quantitative estimate of drug-likeness (QED) is 0.844. The second-order valence-corrected chi connectivity index (χ2v) is 7.14. The molecule has 20 heavy (non-hydrogen) atoms. The van der Waals surface area contributed by atoms with Crippen molar-refractivity contribution in [2.45, 2.75) is 38.3 Å². The molecule has 1 aromatic heterocycles. The van der Waals surface area contributed by atoms with Crippen LogP contribution in [0.25, 0.3) is 0 Å². The molecule has 5 nitrogen and oxygen atoms in total. The summed E-state index contributed by atoms with van der Waals surface area (Å²) in [6.45, 7) is 2.04. The third-order valence-corrected chi connectivity index (χ3v) is 5.48. The van der Waals surface area contributed by atoms with Crippen molar-refractivity contribution >= 4 is 40.0 Å². The lowest BCUT2D eigenvalue weighted by Crippen LogP contribution is -2.36. The van der Waals surface area contributed by atoms with Gasteiger partial charge in [-0.15, -0.1) is 0 Å². The summed E-state index contributed by atoms with van der Waals surface area (Å²) < 4.78 is 0. The molecule has 1 unspecified atom stereocenters. The van der Waals surface area contributed by atoms with E-state index in [0.717, 1.165) is 10.9 Å². The SMILES string of the molecule is CSCC(C)N(C)C(=O)c1sc(NC2CCC2)nc1N. The second-order valence-electron chi connectivity index (χ2n) is 5.23. The van der Waals surface area contributed by atoms with Crippen LogP contribution in [0.1, 0.15) is 35.9 Å². The van der Waals surface area contributed by atoms with Crippen LogP contribution >= 0.6 is 23.1 Å². The number of hydrogen-bond donors (Lipinski definition) is 2. The van der Waals surface area contributed by atoms with E-state index in [2.05, 4.69) is 10.3 Å². The lowest BCUT2D eigenvalue weighted by molar-refractivity contribution is 0.0763. The zero-order valence-electron chi connectivity index (χ0n) is 12.2. The molecule has 1 aromatic rings. The molecule has 0 radical (unpaired) electrons. The largest absolute Gasteiger partial charge is 0.382 e. The molecule has 3 N–H and O–H groups in total. The van der Waals surface area contributed by atoms with Crippen molar-refractivity contribution in [2.75, 3.05) is 30.1 Å². The number of nitrogen functional groups attached to an aromatic ring is 1. The van der Waals surface area contributed by atoms with Gasteiger partial charge in [0.25, 0.3) is 5.91 Å². The van der Waals surface area contributed by atoms with Crippen LogP contribution in [0.2, 0.25) is 0 Å². The fourth-order valence-electron chi connectivity index (χ4n) is 1.99. The first kappa shape index (κ1) is 15.4. The minimum absolute atomic E-state index is 0.0387. The maximum absolute atomic E-state index is 12.4. The minimum Gasteiger partial charge on any atom is -0.382 e. The lowest BCUT2D eigenvalue weighted by Gasteiger charge is -2.25. The van der Waals surface area contributed by atoms with Crippen LogP contribution in [0.5, 0.6) is 0 Å². The number of anilines is 2. The molecule has 2 rings (SSSR count). The summed E-state index contributed by atoms with van der Waals surface area (Å²) in [5, 5.41) is 4.11. The van der Waals surface area contributed by atoms with Crippen molar-refractivity contribution in [3.63, 3.8) is 0 Å². The molecule has 1 saturated carbocycles. The number of thiazole rings is 1. The number of nitrogens with one attached hydrogen (secondary N) is 1. The number of carbonyl (C=O) groups is 1. The van der Waals surface area contributed by atoms with Gasteiger partial charge in [0.2, 0.25) is 0 Å². The Morgan fingerprint density at radius 3 is 2.90 bits per heavy atom. The van der Waals surface area contributed by atoms with Crippen LogP contribution in [-0.2, 0) is 0 Å². The number of amides is 1. The Morgan fingerprint density at radius 1 is 1.65 bits per heavy atom. The van der Waals surface area contributed by atoms with Gasteiger partial charge in [0.1, 0.15) is 10.7 Å². The van der Waals surface area contributed by atoms with Crippen LogP contribution in [0, 0.1) is 0 Å². The normalized spacial score (nSPS) is 16.6. The van der Waals surface area contributed by atoms with Gasteiger partial charge in [-0.2, -0.15) is 11.8 Å². The summed E-state index contributed by atoms with van der Waals surface area (Å²) in [7, 11) is 1.82. The smallest absolute Gasteiger partial charge is 0.267 e. The van der Waals surface area contributed by atoms with Gasteiger partial charge in [-0.25, -0.2) is 4.98 Å². The van der Waals surface area contributed by atoms with Gasteiger partial charge in [0, 0.05) is 24.9 Å². The first-order valence-electron chi connectivity index (χ1n) is 6.81. The van der Waals surface area contributed by atoms with Gasteiger partial charge in [-0.1, -0.05) is 11.3 Å². The summed E-state index contributed by atoms with van der Waals surface area (Å²) in [6.07, 6.45) is 5.65. The Bertz CT molecular complexity index is 473. The fourth-order valence-corrected chi connectivity index (χ4v) is 3.64. The summed E-state index contributed by atoms with van der Waals surface area (Å²) in [5.74, 6) is 1.21. The number of aromatic nitrogens is 1. The molecule has 1 atom stereocenters. The summed E-state index contributed by atoms with van der Waals surface area (Å²) in [5.41, 5.74) is 5.90. The van der Waals surface area contributed by atoms with Crippen LogP contribution in [0.4, 0.5) is 10.9 Å². The first-order valence-corrected chi connectivity index (χ1v) is 9.03. The molecule has 0 saturated heterocycles. The molecule has 1 heterocycles. The third-order valence-electron chi connectivity index (χ3n) is 3.67. The highest BCUT2D eigenvalue weighted by atomic mass is 32.2. The maximum atomic E-state index is 12.4. The van der Waals surface area contributed by atoms with Gasteiger partial charge < -0.3 is 16.0 Å². The number of nitrogens with two attached hydrogens (primary N) is 1. The van der Waals surface area contributed by atoms with Crippen molar-refractivity contribution in [2.24, 2.45) is 0 Å². The molecule has 1 aliphatic carbocycles. The van der Waals surface area contributed by atoms with Crippen molar-refractivity contribution in [3.8, 4) is 0 Å². The van der Waals surface area contributed by atoms with Gasteiger partial charge in [0.15, 0.2) is 5.13 Å². The Hall–Kier alpha value is -0.950. The average Bonchev–Trinajstić information content (AvgIpc) is 2.73. The highest BCUT2D eigenvalue weighted by Gasteiger charge is 2.24. The third kappa shape index (κ3) is 3.38. The molecule has 0 spiro atoms. The average molecular weight is 314 g/mol. The fraction of sp³-hybridized carbons (Fsp3) is 0.692. The zero-order chi connectivity index (χ0) is 14.7. The van der Waals surface area contributed by atoms with Gasteiger partial charge in [-0.3, -0.25) is 4.79 Å². The van der Waals surface area contributed by atoms with Crippen molar-refractivity contribution in [1.29, 1.82) is 0 Å². The monoisotopic (exact) mass is 314 g/mol. The molecule has 1 aliphatic rings. The minimum atomic E-state index is -0.0387. The standard InChI is InChI=1S/C13H22N4OS2/c1-8(7-19-3)17(2)12(18)10-11(14)16-13(20-10)15-9-5-4-6-9/h8-9H,4-7,14H2,1-3H3,(H,15,16). The van der Waals surface area contributed by atoms with Crippen LogP contribution in [0.3, 0.4) is 0 Å². The predicted octanol–water partition coefficient (Wildman–Crippen LogP) is 2.51.